The number of alkyl halides is 2. The zero-order valence-corrected chi connectivity index (χ0v) is 10.7. The van der Waals surface area contributed by atoms with Gasteiger partial charge in [0.2, 0.25) is 0 Å². The van der Waals surface area contributed by atoms with Crippen LogP contribution in [0.3, 0.4) is 0 Å². The molecule has 2 unspecified atom stereocenters. The Bertz CT molecular complexity index is 302. The number of piperidine rings is 1. The lowest BCUT2D eigenvalue weighted by Crippen LogP contribution is -2.61. The standard InChI is InChI=1S/C11H20F2N2O2/c1-7-5-15(6-11(12,13)8(7)14)9(16)17-10(2,3)4/h7-8H,5-6,14H2,1-4H3. The van der Waals surface area contributed by atoms with Crippen LogP contribution in [-0.2, 0) is 4.74 Å². The van der Waals surface area contributed by atoms with Gasteiger partial charge in [-0.2, -0.15) is 0 Å². The van der Waals surface area contributed by atoms with Crippen molar-refractivity contribution in [3.05, 3.63) is 0 Å². The molecule has 1 amide bonds. The summed E-state index contributed by atoms with van der Waals surface area (Å²) in [6, 6.07) is -1.21. The summed E-state index contributed by atoms with van der Waals surface area (Å²) in [5, 5.41) is 0. The van der Waals surface area contributed by atoms with Crippen LogP contribution in [0.15, 0.2) is 0 Å². The number of hydrogen-bond donors (Lipinski definition) is 1. The van der Waals surface area contributed by atoms with Gasteiger partial charge in [-0.15, -0.1) is 0 Å². The van der Waals surface area contributed by atoms with Crippen molar-refractivity contribution in [2.45, 2.75) is 45.3 Å². The SMILES string of the molecule is CC1CN(C(=O)OC(C)(C)C)CC(F)(F)C1N. The van der Waals surface area contributed by atoms with E-state index in [0.717, 1.165) is 4.90 Å². The van der Waals surface area contributed by atoms with E-state index in [0.29, 0.717) is 0 Å². The lowest BCUT2D eigenvalue weighted by atomic mass is 9.92. The van der Waals surface area contributed by atoms with Gasteiger partial charge >= 0.3 is 6.09 Å². The Hall–Kier alpha value is -0.910. The average Bonchev–Trinajstić information content (AvgIpc) is 2.10. The van der Waals surface area contributed by atoms with E-state index in [4.69, 9.17) is 10.5 Å². The molecule has 1 rings (SSSR count). The molecule has 17 heavy (non-hydrogen) atoms. The Morgan fingerprint density at radius 2 is 2.00 bits per heavy atom. The molecule has 0 bridgehead atoms. The van der Waals surface area contributed by atoms with Gasteiger partial charge < -0.3 is 15.4 Å². The molecule has 100 valence electrons. The number of nitrogens with two attached hydrogens (primary N) is 1. The van der Waals surface area contributed by atoms with Gasteiger partial charge in [0.15, 0.2) is 0 Å². The smallest absolute Gasteiger partial charge is 0.410 e. The van der Waals surface area contributed by atoms with Crippen molar-refractivity contribution in [3.63, 3.8) is 0 Å². The molecule has 1 aliphatic rings. The molecule has 1 heterocycles. The molecule has 1 saturated heterocycles. The Kier molecular flexibility index (Phi) is 3.66. The van der Waals surface area contributed by atoms with Crippen molar-refractivity contribution < 1.29 is 18.3 Å². The Labute approximate surface area is 100 Å². The molecule has 0 aromatic heterocycles. The molecule has 0 aromatic carbocycles. The van der Waals surface area contributed by atoms with Gasteiger partial charge in [-0.25, -0.2) is 13.6 Å². The van der Waals surface area contributed by atoms with Gasteiger partial charge in [-0.05, 0) is 26.7 Å². The normalized spacial score (nSPS) is 29.0. The third-order valence-corrected chi connectivity index (χ3v) is 2.66. The van der Waals surface area contributed by atoms with Crippen LogP contribution in [-0.4, -0.2) is 41.6 Å². The molecule has 0 spiro atoms. The van der Waals surface area contributed by atoms with Crippen molar-refractivity contribution in [2.24, 2.45) is 11.7 Å². The van der Waals surface area contributed by atoms with Gasteiger partial charge in [-0.1, -0.05) is 6.92 Å². The molecule has 2 N–H and O–H groups in total. The number of likely N-dealkylation sites (tertiary alicyclic amines) is 1. The molecule has 4 nitrogen and oxygen atoms in total. The largest absolute Gasteiger partial charge is 0.444 e. The maximum Gasteiger partial charge on any atom is 0.410 e. The lowest BCUT2D eigenvalue weighted by molar-refractivity contribution is -0.0988. The molecular weight excluding hydrogens is 230 g/mol. The zero-order chi connectivity index (χ0) is 13.4. The highest BCUT2D eigenvalue weighted by atomic mass is 19.3. The molecular formula is C11H20F2N2O2. The maximum absolute atomic E-state index is 13.5. The van der Waals surface area contributed by atoms with Gasteiger partial charge in [0.25, 0.3) is 5.92 Å². The fraction of sp³-hybridized carbons (Fsp3) is 0.909. The van der Waals surface area contributed by atoms with E-state index in [2.05, 4.69) is 0 Å². The molecule has 0 saturated carbocycles. The predicted octanol–water partition coefficient (Wildman–Crippen LogP) is 1.84. The molecule has 2 atom stereocenters. The maximum atomic E-state index is 13.5. The highest BCUT2D eigenvalue weighted by Crippen LogP contribution is 2.30. The van der Waals surface area contributed by atoms with Crippen LogP contribution in [0, 0.1) is 5.92 Å². The summed E-state index contributed by atoms with van der Waals surface area (Å²) >= 11 is 0. The topological polar surface area (TPSA) is 55.6 Å². The fourth-order valence-electron chi connectivity index (χ4n) is 1.77. The van der Waals surface area contributed by atoms with E-state index in [9.17, 15) is 13.6 Å². The van der Waals surface area contributed by atoms with Crippen molar-refractivity contribution in [1.29, 1.82) is 0 Å². The Morgan fingerprint density at radius 1 is 1.47 bits per heavy atom. The van der Waals surface area contributed by atoms with Crippen LogP contribution in [0.5, 0.6) is 0 Å². The van der Waals surface area contributed by atoms with Gasteiger partial charge in [-0.3, -0.25) is 0 Å². The highest BCUT2D eigenvalue weighted by molar-refractivity contribution is 5.68. The second kappa shape index (κ2) is 4.40. The first-order chi connectivity index (χ1) is 7.53. The third kappa shape index (κ3) is 3.52. The second-order valence-corrected chi connectivity index (χ2v) is 5.62. The summed E-state index contributed by atoms with van der Waals surface area (Å²) in [6.45, 7) is 6.22. The molecule has 0 aliphatic carbocycles. The van der Waals surface area contributed by atoms with Gasteiger partial charge in [0.1, 0.15) is 5.60 Å². The van der Waals surface area contributed by atoms with Crippen LogP contribution < -0.4 is 5.73 Å². The second-order valence-electron chi connectivity index (χ2n) is 5.62. The minimum Gasteiger partial charge on any atom is -0.444 e. The third-order valence-electron chi connectivity index (χ3n) is 2.66. The van der Waals surface area contributed by atoms with E-state index >= 15 is 0 Å². The van der Waals surface area contributed by atoms with E-state index in [1.165, 1.54) is 0 Å². The first-order valence-corrected chi connectivity index (χ1v) is 5.64. The van der Waals surface area contributed by atoms with Gasteiger partial charge in [0.05, 0.1) is 12.6 Å². The molecule has 0 radical (unpaired) electrons. The molecule has 0 aromatic rings. The van der Waals surface area contributed by atoms with E-state index in [-0.39, 0.29) is 6.54 Å². The first-order valence-electron chi connectivity index (χ1n) is 5.64. The van der Waals surface area contributed by atoms with Crippen LogP contribution in [0.25, 0.3) is 0 Å². The number of nitrogens with zero attached hydrogens (tertiary/aromatic N) is 1. The lowest BCUT2D eigenvalue weighted by Gasteiger charge is -2.40. The van der Waals surface area contributed by atoms with Crippen molar-refractivity contribution in [1.82, 2.24) is 4.90 Å². The summed E-state index contributed by atoms with van der Waals surface area (Å²) in [7, 11) is 0. The number of ether oxygens (including phenoxy) is 1. The Balaban J connectivity index is 2.71. The summed E-state index contributed by atoms with van der Waals surface area (Å²) in [4.78, 5) is 12.7. The number of halogens is 2. The highest BCUT2D eigenvalue weighted by Gasteiger charge is 2.48. The minimum absolute atomic E-state index is 0.200. The number of amides is 1. The van der Waals surface area contributed by atoms with Crippen molar-refractivity contribution in [2.75, 3.05) is 13.1 Å². The summed E-state index contributed by atoms with van der Waals surface area (Å²) < 4.78 is 32.1. The Morgan fingerprint density at radius 3 is 2.41 bits per heavy atom. The van der Waals surface area contributed by atoms with E-state index in [1.54, 1.807) is 27.7 Å². The summed E-state index contributed by atoms with van der Waals surface area (Å²) in [5.74, 6) is -3.51. The molecule has 1 fully saturated rings. The van der Waals surface area contributed by atoms with Crippen LogP contribution in [0.4, 0.5) is 13.6 Å². The van der Waals surface area contributed by atoms with Crippen LogP contribution >= 0.6 is 0 Å². The van der Waals surface area contributed by atoms with E-state index in [1.807, 2.05) is 0 Å². The average molecular weight is 250 g/mol. The monoisotopic (exact) mass is 250 g/mol. The first kappa shape index (κ1) is 14.2. The fourth-order valence-corrected chi connectivity index (χ4v) is 1.77. The zero-order valence-electron chi connectivity index (χ0n) is 10.7. The minimum atomic E-state index is -3.06. The molecule has 1 aliphatic heterocycles. The molecule has 6 heteroatoms. The summed E-state index contributed by atoms with van der Waals surface area (Å²) in [5.41, 5.74) is 4.73. The quantitative estimate of drug-likeness (QED) is 0.713. The van der Waals surface area contributed by atoms with Crippen molar-refractivity contribution in [3.8, 4) is 0 Å². The van der Waals surface area contributed by atoms with Crippen molar-refractivity contribution >= 4 is 6.09 Å². The summed E-state index contributed by atoms with van der Waals surface area (Å²) in [6.07, 6.45) is -0.712. The predicted molar refractivity (Wildman–Crippen MR) is 59.9 cm³/mol. The van der Waals surface area contributed by atoms with Crippen LogP contribution in [0.1, 0.15) is 27.7 Å². The van der Waals surface area contributed by atoms with E-state index < -0.39 is 36.1 Å². The number of rotatable bonds is 0. The van der Waals surface area contributed by atoms with Gasteiger partial charge in [0, 0.05) is 6.54 Å². The number of hydrogen-bond acceptors (Lipinski definition) is 3. The number of carbonyl (C=O) groups is 1. The van der Waals surface area contributed by atoms with Crippen LogP contribution in [0.2, 0.25) is 0 Å². The number of carbonyl (C=O) groups excluding carboxylic acids is 1.